The Balaban J connectivity index is 1.72. The Morgan fingerprint density at radius 1 is 0.950 bits per heavy atom. The zero-order chi connectivity index (χ0) is 14.4. The molecule has 0 spiro atoms. The lowest BCUT2D eigenvalue weighted by atomic mass is 10.3. The highest BCUT2D eigenvalue weighted by molar-refractivity contribution is 5.80. The number of ether oxygens (including phenoxy) is 2. The number of amides is 2. The normalized spacial score (nSPS) is 21.1. The summed E-state index contributed by atoms with van der Waals surface area (Å²) in [5, 5.41) is 0. The van der Waals surface area contributed by atoms with Crippen LogP contribution in [-0.2, 0) is 19.1 Å². The molecule has 2 heterocycles. The van der Waals surface area contributed by atoms with E-state index in [1.165, 1.54) is 7.11 Å². The third kappa shape index (κ3) is 4.16. The SMILES string of the molecule is COCC(=O)N1CCN(C(=O)CN2CCOCC2)CC1. The molecule has 0 bridgehead atoms. The summed E-state index contributed by atoms with van der Waals surface area (Å²) in [4.78, 5) is 29.6. The molecule has 2 rings (SSSR count). The van der Waals surface area contributed by atoms with Crippen molar-refractivity contribution < 1.29 is 19.1 Å². The predicted molar refractivity (Wildman–Crippen MR) is 72.3 cm³/mol. The fraction of sp³-hybridized carbons (Fsp3) is 0.846. The molecule has 0 atom stereocenters. The topological polar surface area (TPSA) is 62.3 Å². The van der Waals surface area contributed by atoms with Crippen molar-refractivity contribution in [3.63, 3.8) is 0 Å². The molecule has 0 aliphatic carbocycles. The van der Waals surface area contributed by atoms with Gasteiger partial charge in [-0.25, -0.2) is 0 Å². The summed E-state index contributed by atoms with van der Waals surface area (Å²) in [5.74, 6) is 0.138. The monoisotopic (exact) mass is 285 g/mol. The summed E-state index contributed by atoms with van der Waals surface area (Å²) in [7, 11) is 1.51. The van der Waals surface area contributed by atoms with E-state index in [2.05, 4.69) is 4.90 Å². The van der Waals surface area contributed by atoms with E-state index in [0.717, 1.165) is 13.1 Å². The van der Waals surface area contributed by atoms with Gasteiger partial charge in [0.15, 0.2) is 0 Å². The molecule has 0 aromatic rings. The number of hydrogen-bond donors (Lipinski definition) is 0. The Morgan fingerprint density at radius 3 is 2.05 bits per heavy atom. The highest BCUT2D eigenvalue weighted by Crippen LogP contribution is 2.05. The smallest absolute Gasteiger partial charge is 0.248 e. The van der Waals surface area contributed by atoms with Gasteiger partial charge in [-0.05, 0) is 0 Å². The Hall–Kier alpha value is -1.18. The van der Waals surface area contributed by atoms with E-state index in [9.17, 15) is 9.59 Å². The fourth-order valence-corrected chi connectivity index (χ4v) is 2.47. The van der Waals surface area contributed by atoms with Crippen LogP contribution in [0, 0.1) is 0 Å². The number of methoxy groups -OCH3 is 1. The van der Waals surface area contributed by atoms with Gasteiger partial charge in [-0.2, -0.15) is 0 Å². The van der Waals surface area contributed by atoms with Crippen molar-refractivity contribution in [3.05, 3.63) is 0 Å². The van der Waals surface area contributed by atoms with Gasteiger partial charge >= 0.3 is 0 Å². The van der Waals surface area contributed by atoms with Crippen LogP contribution in [-0.4, -0.2) is 99.3 Å². The van der Waals surface area contributed by atoms with Crippen molar-refractivity contribution in [2.75, 3.05) is 72.7 Å². The number of nitrogens with zero attached hydrogens (tertiary/aromatic N) is 3. The first-order valence-electron chi connectivity index (χ1n) is 7.05. The van der Waals surface area contributed by atoms with Gasteiger partial charge in [-0.1, -0.05) is 0 Å². The molecule has 20 heavy (non-hydrogen) atoms. The summed E-state index contributed by atoms with van der Waals surface area (Å²) in [6.45, 7) is 6.01. The van der Waals surface area contributed by atoms with Gasteiger partial charge < -0.3 is 19.3 Å². The third-order valence-electron chi connectivity index (χ3n) is 3.72. The lowest BCUT2D eigenvalue weighted by Crippen LogP contribution is -2.53. The summed E-state index contributed by atoms with van der Waals surface area (Å²) >= 11 is 0. The molecule has 0 aromatic carbocycles. The van der Waals surface area contributed by atoms with Crippen molar-refractivity contribution in [1.82, 2.24) is 14.7 Å². The van der Waals surface area contributed by atoms with E-state index < -0.39 is 0 Å². The van der Waals surface area contributed by atoms with Gasteiger partial charge in [0, 0.05) is 46.4 Å². The van der Waals surface area contributed by atoms with Gasteiger partial charge in [0.05, 0.1) is 19.8 Å². The third-order valence-corrected chi connectivity index (χ3v) is 3.72. The molecule has 0 N–H and O–H groups in total. The largest absolute Gasteiger partial charge is 0.379 e. The van der Waals surface area contributed by atoms with E-state index >= 15 is 0 Å². The molecular weight excluding hydrogens is 262 g/mol. The Bertz CT molecular complexity index is 337. The maximum Gasteiger partial charge on any atom is 0.248 e. The zero-order valence-electron chi connectivity index (χ0n) is 12.0. The summed E-state index contributed by atoms with van der Waals surface area (Å²) in [6, 6.07) is 0. The van der Waals surface area contributed by atoms with Crippen LogP contribution in [0.3, 0.4) is 0 Å². The van der Waals surface area contributed by atoms with Crippen molar-refractivity contribution in [1.29, 1.82) is 0 Å². The molecule has 2 saturated heterocycles. The standard InChI is InChI=1S/C13H23N3O4/c1-19-11-13(18)16-4-2-15(3-5-16)12(17)10-14-6-8-20-9-7-14/h2-11H2,1H3. The van der Waals surface area contributed by atoms with Crippen LogP contribution in [0.15, 0.2) is 0 Å². The van der Waals surface area contributed by atoms with E-state index in [1.807, 2.05) is 4.90 Å². The molecule has 0 aromatic heterocycles. The molecule has 114 valence electrons. The van der Waals surface area contributed by atoms with Crippen molar-refractivity contribution in [2.45, 2.75) is 0 Å². The second kappa shape index (κ2) is 7.56. The lowest BCUT2D eigenvalue weighted by molar-refractivity contribution is -0.142. The van der Waals surface area contributed by atoms with Gasteiger partial charge in [0.1, 0.15) is 6.61 Å². The minimum absolute atomic E-state index is 0.00669. The first-order chi connectivity index (χ1) is 9.70. The molecule has 7 heteroatoms. The molecule has 2 amide bonds. The zero-order valence-corrected chi connectivity index (χ0v) is 12.0. The number of rotatable bonds is 4. The first kappa shape index (κ1) is 15.2. The molecular formula is C13H23N3O4. The van der Waals surface area contributed by atoms with Crippen LogP contribution < -0.4 is 0 Å². The summed E-state index contributed by atoms with van der Waals surface area (Å²) < 4.78 is 10.1. The van der Waals surface area contributed by atoms with Crippen molar-refractivity contribution in [2.24, 2.45) is 0 Å². The fourth-order valence-electron chi connectivity index (χ4n) is 2.47. The average Bonchev–Trinajstić information content (AvgIpc) is 2.48. The van der Waals surface area contributed by atoms with E-state index in [0.29, 0.717) is 45.9 Å². The molecule has 7 nitrogen and oxygen atoms in total. The number of piperazine rings is 1. The van der Waals surface area contributed by atoms with Gasteiger partial charge in [-0.15, -0.1) is 0 Å². The summed E-state index contributed by atoms with van der Waals surface area (Å²) in [6.07, 6.45) is 0. The number of morpholine rings is 1. The van der Waals surface area contributed by atoms with Gasteiger partial charge in [0.2, 0.25) is 11.8 Å². The molecule has 2 aliphatic rings. The predicted octanol–water partition coefficient (Wildman–Crippen LogP) is -1.36. The molecule has 2 aliphatic heterocycles. The average molecular weight is 285 g/mol. The van der Waals surface area contributed by atoms with Crippen LogP contribution in [0.4, 0.5) is 0 Å². The minimum atomic E-state index is -0.00669. The van der Waals surface area contributed by atoms with Crippen LogP contribution >= 0.6 is 0 Å². The van der Waals surface area contributed by atoms with Crippen LogP contribution in [0.5, 0.6) is 0 Å². The van der Waals surface area contributed by atoms with Crippen LogP contribution in [0.1, 0.15) is 0 Å². The van der Waals surface area contributed by atoms with Gasteiger partial charge in [0.25, 0.3) is 0 Å². The van der Waals surface area contributed by atoms with Crippen LogP contribution in [0.2, 0.25) is 0 Å². The molecule has 2 fully saturated rings. The molecule has 0 radical (unpaired) electrons. The van der Waals surface area contributed by atoms with Crippen molar-refractivity contribution >= 4 is 11.8 Å². The molecule has 0 saturated carbocycles. The van der Waals surface area contributed by atoms with Crippen LogP contribution in [0.25, 0.3) is 0 Å². The van der Waals surface area contributed by atoms with E-state index in [-0.39, 0.29) is 18.4 Å². The quantitative estimate of drug-likeness (QED) is 0.638. The second-order valence-corrected chi connectivity index (χ2v) is 5.08. The number of hydrogen-bond acceptors (Lipinski definition) is 5. The highest BCUT2D eigenvalue weighted by atomic mass is 16.5. The number of carbonyl (C=O) groups is 2. The highest BCUT2D eigenvalue weighted by Gasteiger charge is 2.25. The van der Waals surface area contributed by atoms with Crippen molar-refractivity contribution in [3.8, 4) is 0 Å². The maximum absolute atomic E-state index is 12.2. The minimum Gasteiger partial charge on any atom is -0.379 e. The van der Waals surface area contributed by atoms with E-state index in [1.54, 1.807) is 4.90 Å². The Morgan fingerprint density at radius 2 is 1.50 bits per heavy atom. The summed E-state index contributed by atoms with van der Waals surface area (Å²) in [5.41, 5.74) is 0. The van der Waals surface area contributed by atoms with E-state index in [4.69, 9.17) is 9.47 Å². The molecule has 0 unspecified atom stereocenters. The Kier molecular flexibility index (Phi) is 5.75. The van der Waals surface area contributed by atoms with Gasteiger partial charge in [-0.3, -0.25) is 14.5 Å². The first-order valence-corrected chi connectivity index (χ1v) is 7.05. The lowest BCUT2D eigenvalue weighted by Gasteiger charge is -2.36. The maximum atomic E-state index is 12.2. The second-order valence-electron chi connectivity index (χ2n) is 5.08. The Labute approximate surface area is 119 Å². The number of carbonyl (C=O) groups excluding carboxylic acids is 2.